The van der Waals surface area contributed by atoms with Crippen LogP contribution in [0.5, 0.6) is 5.75 Å². The largest absolute Gasteiger partial charge is 0.494 e. The molecule has 1 aromatic heterocycles. The van der Waals surface area contributed by atoms with Gasteiger partial charge in [0.25, 0.3) is 5.56 Å². The fourth-order valence-electron chi connectivity index (χ4n) is 1.54. The van der Waals surface area contributed by atoms with Crippen LogP contribution in [0, 0.1) is 6.92 Å². The molecule has 1 heterocycles. The van der Waals surface area contributed by atoms with Crippen molar-refractivity contribution in [2.75, 3.05) is 12.4 Å². The molecule has 5 nitrogen and oxygen atoms in total. The van der Waals surface area contributed by atoms with Gasteiger partial charge >= 0.3 is 0 Å². The Balaban J connectivity index is 1.62. The number of thioether (sulfide) groups is 1. The zero-order chi connectivity index (χ0) is 15.1. The molecule has 0 atom stereocenters. The molecule has 0 amide bonds. The van der Waals surface area contributed by atoms with E-state index in [4.69, 9.17) is 16.3 Å². The van der Waals surface area contributed by atoms with E-state index in [0.29, 0.717) is 22.5 Å². The van der Waals surface area contributed by atoms with Crippen LogP contribution in [0.15, 0.2) is 34.2 Å². The van der Waals surface area contributed by atoms with Gasteiger partial charge < -0.3 is 4.74 Å². The molecule has 0 fully saturated rings. The van der Waals surface area contributed by atoms with Crippen molar-refractivity contribution in [3.63, 3.8) is 0 Å². The SMILES string of the molecule is Cc1nnc(SCCCCOc2ccc(Cl)cc2)[nH]c1=O. The fourth-order valence-corrected chi connectivity index (χ4v) is 2.47. The Kier molecular flexibility index (Phi) is 6.07. The van der Waals surface area contributed by atoms with Crippen molar-refractivity contribution >= 4 is 23.4 Å². The third kappa shape index (κ3) is 5.40. The number of nitrogens with one attached hydrogen (secondary N) is 1. The van der Waals surface area contributed by atoms with E-state index in [9.17, 15) is 4.79 Å². The third-order valence-electron chi connectivity index (χ3n) is 2.70. The van der Waals surface area contributed by atoms with Crippen LogP contribution in [0.4, 0.5) is 0 Å². The standard InChI is InChI=1S/C14H16ClN3O2S/c1-10-13(19)16-14(18-17-10)21-9-3-2-8-20-12-6-4-11(15)5-7-12/h4-7H,2-3,8-9H2,1H3,(H,16,18,19). The molecular weight excluding hydrogens is 310 g/mol. The minimum Gasteiger partial charge on any atom is -0.494 e. The molecule has 0 unspecified atom stereocenters. The van der Waals surface area contributed by atoms with Crippen molar-refractivity contribution in [1.82, 2.24) is 15.2 Å². The maximum atomic E-state index is 11.4. The van der Waals surface area contributed by atoms with E-state index in [1.807, 2.05) is 12.1 Å². The Morgan fingerprint density at radius 3 is 2.71 bits per heavy atom. The average Bonchev–Trinajstić information content (AvgIpc) is 2.48. The van der Waals surface area contributed by atoms with Crippen molar-refractivity contribution in [2.45, 2.75) is 24.9 Å². The normalized spacial score (nSPS) is 10.6. The van der Waals surface area contributed by atoms with Crippen LogP contribution in [-0.4, -0.2) is 27.5 Å². The minimum absolute atomic E-state index is 0.182. The predicted molar refractivity (Wildman–Crippen MR) is 84.3 cm³/mol. The number of aryl methyl sites for hydroxylation is 1. The molecule has 0 aliphatic rings. The lowest BCUT2D eigenvalue weighted by atomic mass is 10.3. The smallest absolute Gasteiger partial charge is 0.273 e. The number of halogens is 1. The lowest BCUT2D eigenvalue weighted by Crippen LogP contribution is -2.14. The van der Waals surface area contributed by atoms with Gasteiger partial charge in [-0.1, -0.05) is 23.4 Å². The van der Waals surface area contributed by atoms with Gasteiger partial charge in [0.15, 0.2) is 5.16 Å². The number of hydrogen-bond acceptors (Lipinski definition) is 5. The molecule has 0 saturated heterocycles. The van der Waals surface area contributed by atoms with E-state index < -0.39 is 0 Å². The minimum atomic E-state index is -0.182. The number of nitrogens with zero attached hydrogens (tertiary/aromatic N) is 2. The first-order valence-corrected chi connectivity index (χ1v) is 7.96. The van der Waals surface area contributed by atoms with E-state index in [1.54, 1.807) is 19.1 Å². The van der Waals surface area contributed by atoms with Crippen molar-refractivity contribution in [3.05, 3.63) is 45.3 Å². The van der Waals surface area contributed by atoms with Crippen LogP contribution in [0.3, 0.4) is 0 Å². The molecule has 1 N–H and O–H groups in total. The van der Waals surface area contributed by atoms with E-state index in [1.165, 1.54) is 11.8 Å². The topological polar surface area (TPSA) is 67.9 Å². The van der Waals surface area contributed by atoms with E-state index >= 15 is 0 Å². The van der Waals surface area contributed by atoms with Crippen LogP contribution in [-0.2, 0) is 0 Å². The van der Waals surface area contributed by atoms with Gasteiger partial charge in [-0.2, -0.15) is 0 Å². The van der Waals surface area contributed by atoms with Crippen LogP contribution in [0.25, 0.3) is 0 Å². The average molecular weight is 326 g/mol. The number of benzene rings is 1. The maximum Gasteiger partial charge on any atom is 0.273 e. The molecule has 7 heteroatoms. The van der Waals surface area contributed by atoms with Crippen molar-refractivity contribution in [2.24, 2.45) is 0 Å². The summed E-state index contributed by atoms with van der Waals surface area (Å²) in [5.41, 5.74) is 0.203. The predicted octanol–water partition coefficient (Wildman–Crippen LogP) is 3.08. The second-order valence-corrected chi connectivity index (χ2v) is 5.92. The van der Waals surface area contributed by atoms with Gasteiger partial charge in [-0.15, -0.1) is 10.2 Å². The lowest BCUT2D eigenvalue weighted by Gasteiger charge is -2.05. The zero-order valence-corrected chi connectivity index (χ0v) is 13.2. The number of rotatable bonds is 7. The number of unbranched alkanes of at least 4 members (excludes halogenated alkanes) is 1. The summed E-state index contributed by atoms with van der Waals surface area (Å²) in [4.78, 5) is 14.0. The highest BCUT2D eigenvalue weighted by Gasteiger charge is 2.01. The van der Waals surface area contributed by atoms with E-state index in [-0.39, 0.29) is 5.56 Å². The number of H-pyrrole nitrogens is 1. The molecule has 21 heavy (non-hydrogen) atoms. The molecule has 2 aromatic rings. The van der Waals surface area contributed by atoms with Gasteiger partial charge in [0.2, 0.25) is 0 Å². The Hall–Kier alpha value is -1.53. The molecule has 112 valence electrons. The summed E-state index contributed by atoms with van der Waals surface area (Å²) in [6.45, 7) is 2.28. The highest BCUT2D eigenvalue weighted by molar-refractivity contribution is 7.99. The highest BCUT2D eigenvalue weighted by Crippen LogP contribution is 2.16. The molecular formula is C14H16ClN3O2S. The second-order valence-electron chi connectivity index (χ2n) is 4.40. The van der Waals surface area contributed by atoms with Gasteiger partial charge in [0.05, 0.1) is 6.61 Å². The number of aromatic nitrogens is 3. The van der Waals surface area contributed by atoms with Gasteiger partial charge in [-0.3, -0.25) is 9.78 Å². The van der Waals surface area contributed by atoms with Crippen LogP contribution in [0.1, 0.15) is 18.5 Å². The van der Waals surface area contributed by atoms with Gasteiger partial charge in [0.1, 0.15) is 11.4 Å². The molecule has 0 aliphatic heterocycles. The summed E-state index contributed by atoms with van der Waals surface area (Å²) in [6.07, 6.45) is 1.90. The Bertz CT molecular complexity index is 631. The zero-order valence-electron chi connectivity index (χ0n) is 11.6. The molecule has 0 bridgehead atoms. The Morgan fingerprint density at radius 1 is 1.24 bits per heavy atom. The third-order valence-corrected chi connectivity index (χ3v) is 3.90. The first-order chi connectivity index (χ1) is 10.1. The first kappa shape index (κ1) is 15.9. The number of aromatic amines is 1. The molecule has 2 rings (SSSR count). The van der Waals surface area contributed by atoms with Crippen LogP contribution in [0.2, 0.25) is 5.02 Å². The van der Waals surface area contributed by atoms with E-state index in [2.05, 4.69) is 15.2 Å². The lowest BCUT2D eigenvalue weighted by molar-refractivity contribution is 0.310. The second kappa shape index (κ2) is 8.05. The van der Waals surface area contributed by atoms with E-state index in [0.717, 1.165) is 24.3 Å². The van der Waals surface area contributed by atoms with Crippen molar-refractivity contribution < 1.29 is 4.74 Å². The van der Waals surface area contributed by atoms with Crippen LogP contribution < -0.4 is 10.3 Å². The fraction of sp³-hybridized carbons (Fsp3) is 0.357. The maximum absolute atomic E-state index is 11.4. The monoisotopic (exact) mass is 325 g/mol. The molecule has 1 aromatic carbocycles. The highest BCUT2D eigenvalue weighted by atomic mass is 35.5. The quantitative estimate of drug-likeness (QED) is 0.626. The van der Waals surface area contributed by atoms with Crippen LogP contribution >= 0.6 is 23.4 Å². The summed E-state index contributed by atoms with van der Waals surface area (Å²) < 4.78 is 5.59. The van der Waals surface area contributed by atoms with Crippen molar-refractivity contribution in [1.29, 1.82) is 0 Å². The van der Waals surface area contributed by atoms with Gasteiger partial charge in [-0.05, 0) is 44.0 Å². The number of ether oxygens (including phenoxy) is 1. The summed E-state index contributed by atoms with van der Waals surface area (Å²) in [5.74, 6) is 1.68. The molecule has 0 aliphatic carbocycles. The molecule has 0 spiro atoms. The summed E-state index contributed by atoms with van der Waals surface area (Å²) >= 11 is 7.29. The number of hydrogen-bond donors (Lipinski definition) is 1. The molecule has 0 saturated carbocycles. The Labute approximate surface area is 132 Å². The van der Waals surface area contributed by atoms with Gasteiger partial charge in [0, 0.05) is 10.8 Å². The van der Waals surface area contributed by atoms with Gasteiger partial charge in [-0.25, -0.2) is 0 Å². The molecule has 0 radical (unpaired) electrons. The van der Waals surface area contributed by atoms with Crippen molar-refractivity contribution in [3.8, 4) is 5.75 Å². The first-order valence-electron chi connectivity index (χ1n) is 6.60. The summed E-state index contributed by atoms with van der Waals surface area (Å²) in [6, 6.07) is 7.31. The summed E-state index contributed by atoms with van der Waals surface area (Å²) in [5, 5.41) is 8.98. The summed E-state index contributed by atoms with van der Waals surface area (Å²) in [7, 11) is 0. The Morgan fingerprint density at radius 2 is 2.00 bits per heavy atom.